The second kappa shape index (κ2) is 4.70. The summed E-state index contributed by atoms with van der Waals surface area (Å²) in [6.07, 6.45) is 4.64. The standard InChI is InChI=1S/C12H12N4O2/c1-7-2-3-14-6-10(7)16-11-4-8(12(17)18)9(13)5-15-11/h2-6H,13H2,1H3,(H,15,16)(H,17,18). The fourth-order valence-electron chi connectivity index (χ4n) is 1.45. The Kier molecular flexibility index (Phi) is 3.09. The summed E-state index contributed by atoms with van der Waals surface area (Å²) < 4.78 is 0. The zero-order valence-electron chi connectivity index (χ0n) is 9.71. The van der Waals surface area contributed by atoms with Crippen LogP contribution in [-0.4, -0.2) is 21.0 Å². The van der Waals surface area contributed by atoms with Crippen LogP contribution in [0, 0.1) is 6.92 Å². The number of nitrogens with zero attached hydrogens (tertiary/aromatic N) is 2. The van der Waals surface area contributed by atoms with E-state index >= 15 is 0 Å². The largest absolute Gasteiger partial charge is 0.478 e. The molecule has 6 heteroatoms. The molecule has 0 bridgehead atoms. The lowest BCUT2D eigenvalue weighted by atomic mass is 10.2. The van der Waals surface area contributed by atoms with Crippen molar-refractivity contribution in [1.82, 2.24) is 9.97 Å². The molecule has 0 spiro atoms. The molecule has 0 aromatic carbocycles. The number of nitrogen functional groups attached to an aromatic ring is 1. The molecule has 0 saturated carbocycles. The van der Waals surface area contributed by atoms with E-state index in [2.05, 4.69) is 15.3 Å². The predicted octanol–water partition coefficient (Wildman–Crippen LogP) is 1.81. The van der Waals surface area contributed by atoms with Crippen LogP contribution < -0.4 is 11.1 Å². The third-order valence-corrected chi connectivity index (χ3v) is 2.47. The molecule has 0 amide bonds. The van der Waals surface area contributed by atoms with Crippen LogP contribution in [0.3, 0.4) is 0 Å². The lowest BCUT2D eigenvalue weighted by Gasteiger charge is -2.09. The Hall–Kier alpha value is -2.63. The summed E-state index contributed by atoms with van der Waals surface area (Å²) in [5, 5.41) is 12.0. The smallest absolute Gasteiger partial charge is 0.337 e. The van der Waals surface area contributed by atoms with Gasteiger partial charge in [0.25, 0.3) is 0 Å². The summed E-state index contributed by atoms with van der Waals surface area (Å²) in [4.78, 5) is 19.0. The molecular weight excluding hydrogens is 232 g/mol. The lowest BCUT2D eigenvalue weighted by Crippen LogP contribution is -2.05. The molecule has 2 aromatic rings. The van der Waals surface area contributed by atoms with Gasteiger partial charge in [0.15, 0.2) is 0 Å². The molecule has 0 fully saturated rings. The lowest BCUT2D eigenvalue weighted by molar-refractivity contribution is 0.0698. The molecule has 0 aliphatic carbocycles. The Morgan fingerprint density at radius 3 is 2.89 bits per heavy atom. The Bertz CT molecular complexity index is 598. The highest BCUT2D eigenvalue weighted by molar-refractivity contribution is 5.94. The highest BCUT2D eigenvalue weighted by atomic mass is 16.4. The van der Waals surface area contributed by atoms with E-state index in [1.807, 2.05) is 13.0 Å². The van der Waals surface area contributed by atoms with Crippen LogP contribution >= 0.6 is 0 Å². The average molecular weight is 244 g/mol. The molecule has 0 saturated heterocycles. The predicted molar refractivity (Wildman–Crippen MR) is 67.9 cm³/mol. The van der Waals surface area contributed by atoms with Gasteiger partial charge in [-0.15, -0.1) is 0 Å². The fraction of sp³-hybridized carbons (Fsp3) is 0.0833. The van der Waals surface area contributed by atoms with Crippen molar-refractivity contribution in [3.8, 4) is 0 Å². The van der Waals surface area contributed by atoms with Crippen LogP contribution in [0.15, 0.2) is 30.7 Å². The van der Waals surface area contributed by atoms with Gasteiger partial charge in [-0.2, -0.15) is 0 Å². The monoisotopic (exact) mass is 244 g/mol. The highest BCUT2D eigenvalue weighted by Crippen LogP contribution is 2.20. The summed E-state index contributed by atoms with van der Waals surface area (Å²) in [6, 6.07) is 3.24. The molecule has 0 unspecified atom stereocenters. The van der Waals surface area contributed by atoms with Crippen molar-refractivity contribution in [2.45, 2.75) is 6.92 Å². The first-order valence-corrected chi connectivity index (χ1v) is 5.24. The molecule has 0 atom stereocenters. The molecule has 92 valence electrons. The summed E-state index contributed by atoms with van der Waals surface area (Å²) >= 11 is 0. The maximum atomic E-state index is 10.9. The van der Waals surface area contributed by atoms with E-state index in [0.29, 0.717) is 5.82 Å². The van der Waals surface area contributed by atoms with Crippen LogP contribution in [0.4, 0.5) is 17.2 Å². The number of carbonyl (C=O) groups is 1. The summed E-state index contributed by atoms with van der Waals surface area (Å²) in [5.74, 6) is -0.668. The third-order valence-electron chi connectivity index (χ3n) is 2.47. The molecule has 2 aromatic heterocycles. The molecule has 18 heavy (non-hydrogen) atoms. The van der Waals surface area contributed by atoms with Gasteiger partial charge in [-0.05, 0) is 24.6 Å². The van der Waals surface area contributed by atoms with Crippen molar-refractivity contribution >= 4 is 23.2 Å². The molecular formula is C12H12N4O2. The Labute approximate surface area is 104 Å². The number of pyridine rings is 2. The topological polar surface area (TPSA) is 101 Å². The zero-order chi connectivity index (χ0) is 13.1. The summed E-state index contributed by atoms with van der Waals surface area (Å²) in [6.45, 7) is 1.92. The number of aromatic nitrogens is 2. The second-order valence-electron chi connectivity index (χ2n) is 3.78. The zero-order valence-corrected chi connectivity index (χ0v) is 9.71. The van der Waals surface area contributed by atoms with Crippen molar-refractivity contribution < 1.29 is 9.90 Å². The first kappa shape index (κ1) is 11.8. The SMILES string of the molecule is Cc1ccncc1Nc1cc(C(=O)O)c(N)cn1. The fourth-order valence-corrected chi connectivity index (χ4v) is 1.45. The average Bonchev–Trinajstić information content (AvgIpc) is 2.34. The molecule has 2 heterocycles. The van der Waals surface area contributed by atoms with Gasteiger partial charge in [-0.25, -0.2) is 9.78 Å². The maximum Gasteiger partial charge on any atom is 0.337 e. The van der Waals surface area contributed by atoms with E-state index in [0.717, 1.165) is 11.3 Å². The normalized spacial score (nSPS) is 10.1. The number of aromatic carboxylic acids is 1. The van der Waals surface area contributed by atoms with Crippen LogP contribution in [0.5, 0.6) is 0 Å². The van der Waals surface area contributed by atoms with Crippen molar-refractivity contribution in [3.05, 3.63) is 41.9 Å². The number of aryl methyl sites for hydroxylation is 1. The number of hydrogen-bond donors (Lipinski definition) is 3. The highest BCUT2D eigenvalue weighted by Gasteiger charge is 2.10. The number of carboxylic acid groups (broad SMARTS) is 1. The number of carboxylic acids is 1. The molecule has 4 N–H and O–H groups in total. The minimum Gasteiger partial charge on any atom is -0.478 e. The molecule has 0 radical (unpaired) electrons. The summed E-state index contributed by atoms with van der Waals surface area (Å²) in [5.41, 5.74) is 7.44. The number of hydrogen-bond acceptors (Lipinski definition) is 5. The van der Waals surface area contributed by atoms with Gasteiger partial charge in [-0.3, -0.25) is 4.98 Å². The molecule has 2 rings (SSSR count). The number of nitrogens with two attached hydrogens (primary N) is 1. The van der Waals surface area contributed by atoms with E-state index in [4.69, 9.17) is 10.8 Å². The van der Waals surface area contributed by atoms with Gasteiger partial charge in [0, 0.05) is 6.20 Å². The molecule has 0 aliphatic heterocycles. The first-order chi connectivity index (χ1) is 8.58. The van der Waals surface area contributed by atoms with E-state index in [-0.39, 0.29) is 11.3 Å². The minimum absolute atomic E-state index is 0.0223. The Morgan fingerprint density at radius 1 is 1.44 bits per heavy atom. The van der Waals surface area contributed by atoms with Crippen LogP contribution in [0.1, 0.15) is 15.9 Å². The van der Waals surface area contributed by atoms with Crippen molar-refractivity contribution in [2.75, 3.05) is 11.1 Å². The van der Waals surface area contributed by atoms with E-state index in [1.54, 1.807) is 12.4 Å². The van der Waals surface area contributed by atoms with Gasteiger partial charge in [0.1, 0.15) is 5.82 Å². The van der Waals surface area contributed by atoms with Gasteiger partial charge in [0.2, 0.25) is 0 Å². The van der Waals surface area contributed by atoms with E-state index in [1.165, 1.54) is 12.3 Å². The van der Waals surface area contributed by atoms with E-state index < -0.39 is 5.97 Å². The van der Waals surface area contributed by atoms with Gasteiger partial charge in [-0.1, -0.05) is 0 Å². The van der Waals surface area contributed by atoms with Crippen molar-refractivity contribution in [3.63, 3.8) is 0 Å². The second-order valence-corrected chi connectivity index (χ2v) is 3.78. The van der Waals surface area contributed by atoms with Crippen molar-refractivity contribution in [2.24, 2.45) is 0 Å². The number of anilines is 3. The minimum atomic E-state index is -1.08. The quantitative estimate of drug-likeness (QED) is 0.761. The third kappa shape index (κ3) is 2.37. The van der Waals surface area contributed by atoms with Gasteiger partial charge >= 0.3 is 5.97 Å². The van der Waals surface area contributed by atoms with E-state index in [9.17, 15) is 4.79 Å². The Balaban J connectivity index is 2.33. The number of rotatable bonds is 3. The van der Waals surface area contributed by atoms with Gasteiger partial charge < -0.3 is 16.2 Å². The summed E-state index contributed by atoms with van der Waals surface area (Å²) in [7, 11) is 0. The van der Waals surface area contributed by atoms with Crippen LogP contribution in [-0.2, 0) is 0 Å². The van der Waals surface area contributed by atoms with Crippen molar-refractivity contribution in [1.29, 1.82) is 0 Å². The molecule has 0 aliphatic rings. The Morgan fingerprint density at radius 2 is 2.22 bits per heavy atom. The van der Waals surface area contributed by atoms with Gasteiger partial charge in [0.05, 0.1) is 29.3 Å². The molecule has 6 nitrogen and oxygen atoms in total. The first-order valence-electron chi connectivity index (χ1n) is 5.24. The maximum absolute atomic E-state index is 10.9. The number of nitrogens with one attached hydrogen (secondary N) is 1. The van der Waals surface area contributed by atoms with Crippen LogP contribution in [0.2, 0.25) is 0 Å². The van der Waals surface area contributed by atoms with Crippen LogP contribution in [0.25, 0.3) is 0 Å².